The Morgan fingerprint density at radius 1 is 1.00 bits per heavy atom. The normalized spacial score (nSPS) is 10.6. The number of halogens is 1. The van der Waals surface area contributed by atoms with Gasteiger partial charge < -0.3 is 4.74 Å². The van der Waals surface area contributed by atoms with Crippen molar-refractivity contribution in [1.29, 1.82) is 0 Å². The first kappa shape index (κ1) is 12.2. The molecule has 0 saturated carbocycles. The van der Waals surface area contributed by atoms with Gasteiger partial charge in [-0.05, 0) is 42.8 Å². The van der Waals surface area contributed by atoms with Gasteiger partial charge in [-0.15, -0.1) is 0 Å². The summed E-state index contributed by atoms with van der Waals surface area (Å²) in [5.41, 5.74) is 2.01. The van der Waals surface area contributed by atoms with E-state index in [0.29, 0.717) is 5.88 Å². The van der Waals surface area contributed by atoms with Crippen molar-refractivity contribution in [3.8, 4) is 11.6 Å². The highest BCUT2D eigenvalue weighted by Crippen LogP contribution is 2.27. The summed E-state index contributed by atoms with van der Waals surface area (Å²) in [4.78, 5) is 4.50. The lowest BCUT2D eigenvalue weighted by atomic mass is 10.2. The molecule has 3 heteroatoms. The molecule has 0 aliphatic carbocycles. The lowest BCUT2D eigenvalue weighted by molar-refractivity contribution is 0.461. The van der Waals surface area contributed by atoms with Crippen LogP contribution in [-0.2, 0) is 0 Å². The van der Waals surface area contributed by atoms with Gasteiger partial charge in [-0.25, -0.2) is 4.98 Å². The molecule has 3 aromatic rings. The average molecular weight is 314 g/mol. The summed E-state index contributed by atoms with van der Waals surface area (Å²) in [6.07, 6.45) is 0. The molecule has 2 nitrogen and oxygen atoms in total. The highest BCUT2D eigenvalue weighted by Gasteiger charge is 2.04. The van der Waals surface area contributed by atoms with Gasteiger partial charge >= 0.3 is 0 Å². The molecule has 0 unspecified atom stereocenters. The highest BCUT2D eigenvalue weighted by atomic mass is 79.9. The summed E-state index contributed by atoms with van der Waals surface area (Å²) < 4.78 is 6.89. The molecule has 0 bridgehead atoms. The molecule has 0 fully saturated rings. The Kier molecular flexibility index (Phi) is 3.22. The summed E-state index contributed by atoms with van der Waals surface area (Å²) in [5, 5.41) is 1.11. The van der Waals surface area contributed by atoms with Crippen LogP contribution in [0.15, 0.2) is 59.1 Å². The van der Waals surface area contributed by atoms with Gasteiger partial charge in [0.25, 0.3) is 0 Å². The quantitative estimate of drug-likeness (QED) is 0.656. The van der Waals surface area contributed by atoms with Gasteiger partial charge in [0.1, 0.15) is 5.75 Å². The summed E-state index contributed by atoms with van der Waals surface area (Å²) in [7, 11) is 0. The zero-order chi connectivity index (χ0) is 13.2. The number of pyridine rings is 1. The Hall–Kier alpha value is -1.87. The second-order valence-corrected chi connectivity index (χ2v) is 5.27. The number of fused-ring (bicyclic) bond motifs is 1. The van der Waals surface area contributed by atoms with Crippen LogP contribution in [0.5, 0.6) is 11.6 Å². The third-order valence-electron chi connectivity index (χ3n) is 2.92. The van der Waals surface area contributed by atoms with Crippen LogP contribution < -0.4 is 4.74 Å². The van der Waals surface area contributed by atoms with Crippen molar-refractivity contribution in [2.24, 2.45) is 0 Å². The molecule has 0 amide bonds. The summed E-state index contributed by atoms with van der Waals surface area (Å²) in [5.74, 6) is 1.44. The van der Waals surface area contributed by atoms with E-state index >= 15 is 0 Å². The number of hydrogen-bond acceptors (Lipinski definition) is 2. The Balaban J connectivity index is 1.96. The minimum Gasteiger partial charge on any atom is -0.439 e. The molecule has 0 saturated heterocycles. The van der Waals surface area contributed by atoms with E-state index in [9.17, 15) is 0 Å². The number of benzene rings is 2. The van der Waals surface area contributed by atoms with Gasteiger partial charge in [-0.2, -0.15) is 0 Å². The van der Waals surface area contributed by atoms with Gasteiger partial charge in [-0.1, -0.05) is 34.1 Å². The van der Waals surface area contributed by atoms with Crippen molar-refractivity contribution < 1.29 is 4.74 Å². The molecule has 3 rings (SSSR count). The van der Waals surface area contributed by atoms with Crippen LogP contribution in [-0.4, -0.2) is 4.98 Å². The Bertz CT molecular complexity index is 740. The van der Waals surface area contributed by atoms with Crippen LogP contribution in [0.3, 0.4) is 0 Å². The monoisotopic (exact) mass is 313 g/mol. The third kappa shape index (κ3) is 2.61. The van der Waals surface area contributed by atoms with Crippen molar-refractivity contribution in [2.45, 2.75) is 6.92 Å². The van der Waals surface area contributed by atoms with Crippen LogP contribution in [0.1, 0.15) is 5.56 Å². The van der Waals surface area contributed by atoms with Crippen molar-refractivity contribution >= 4 is 26.8 Å². The first-order valence-electron chi connectivity index (χ1n) is 6.02. The maximum atomic E-state index is 5.84. The van der Waals surface area contributed by atoms with Gasteiger partial charge in [0, 0.05) is 15.9 Å². The van der Waals surface area contributed by atoms with Crippen LogP contribution in [0.25, 0.3) is 10.9 Å². The van der Waals surface area contributed by atoms with E-state index in [-0.39, 0.29) is 0 Å². The van der Waals surface area contributed by atoms with Crippen LogP contribution in [0, 0.1) is 6.92 Å². The van der Waals surface area contributed by atoms with E-state index in [0.717, 1.165) is 26.7 Å². The number of aromatic nitrogens is 1. The van der Waals surface area contributed by atoms with E-state index in [1.54, 1.807) is 0 Å². The van der Waals surface area contributed by atoms with Gasteiger partial charge in [0.2, 0.25) is 5.88 Å². The standard InChI is InChI=1S/C16H12BrNO/c1-11-10-13(17)7-8-15(11)19-16-9-6-12-4-2-3-5-14(12)18-16/h2-10H,1H3. The smallest absolute Gasteiger partial charge is 0.219 e. The van der Waals surface area contributed by atoms with Crippen molar-refractivity contribution in [1.82, 2.24) is 4.98 Å². The minimum atomic E-state index is 0.615. The Morgan fingerprint density at radius 2 is 1.84 bits per heavy atom. The van der Waals surface area contributed by atoms with Crippen molar-refractivity contribution in [2.75, 3.05) is 0 Å². The number of aryl methyl sites for hydroxylation is 1. The molecule has 0 N–H and O–H groups in total. The Labute approximate surface area is 120 Å². The van der Waals surface area contributed by atoms with Crippen LogP contribution >= 0.6 is 15.9 Å². The molecule has 0 atom stereocenters. The molecule has 94 valence electrons. The molecule has 0 aliphatic heterocycles. The van der Waals surface area contributed by atoms with Crippen molar-refractivity contribution in [3.05, 3.63) is 64.6 Å². The predicted molar refractivity (Wildman–Crippen MR) is 80.7 cm³/mol. The van der Waals surface area contributed by atoms with Crippen LogP contribution in [0.4, 0.5) is 0 Å². The zero-order valence-electron chi connectivity index (χ0n) is 10.4. The third-order valence-corrected chi connectivity index (χ3v) is 3.42. The lowest BCUT2D eigenvalue weighted by Crippen LogP contribution is -1.90. The number of hydrogen-bond donors (Lipinski definition) is 0. The number of ether oxygens (including phenoxy) is 1. The summed E-state index contributed by atoms with van der Waals surface area (Å²) >= 11 is 3.44. The first-order valence-corrected chi connectivity index (χ1v) is 6.81. The second kappa shape index (κ2) is 5.02. The Morgan fingerprint density at radius 3 is 2.68 bits per heavy atom. The molecular formula is C16H12BrNO. The zero-order valence-corrected chi connectivity index (χ0v) is 12.0. The van der Waals surface area contributed by atoms with E-state index in [1.165, 1.54) is 0 Å². The highest BCUT2D eigenvalue weighted by molar-refractivity contribution is 9.10. The molecule has 0 aliphatic rings. The fourth-order valence-corrected chi connectivity index (χ4v) is 2.42. The molecule has 19 heavy (non-hydrogen) atoms. The fraction of sp³-hybridized carbons (Fsp3) is 0.0625. The fourth-order valence-electron chi connectivity index (χ4n) is 1.94. The molecule has 1 aromatic heterocycles. The van der Waals surface area contributed by atoms with Crippen LogP contribution in [0.2, 0.25) is 0 Å². The second-order valence-electron chi connectivity index (χ2n) is 4.35. The van der Waals surface area contributed by atoms with E-state index in [2.05, 4.69) is 20.9 Å². The molecule has 2 aromatic carbocycles. The number of nitrogens with zero attached hydrogens (tertiary/aromatic N) is 1. The first-order chi connectivity index (χ1) is 9.22. The molecule has 0 radical (unpaired) electrons. The SMILES string of the molecule is Cc1cc(Br)ccc1Oc1ccc2ccccc2n1. The average Bonchev–Trinajstić information content (AvgIpc) is 2.42. The maximum absolute atomic E-state index is 5.84. The van der Waals surface area contributed by atoms with E-state index in [4.69, 9.17) is 4.74 Å². The summed E-state index contributed by atoms with van der Waals surface area (Å²) in [6.45, 7) is 2.02. The maximum Gasteiger partial charge on any atom is 0.219 e. The molecule has 1 heterocycles. The van der Waals surface area contributed by atoms with E-state index < -0.39 is 0 Å². The summed E-state index contributed by atoms with van der Waals surface area (Å²) in [6, 6.07) is 17.8. The largest absolute Gasteiger partial charge is 0.439 e. The van der Waals surface area contributed by atoms with Crippen molar-refractivity contribution in [3.63, 3.8) is 0 Å². The number of para-hydroxylation sites is 1. The van der Waals surface area contributed by atoms with Gasteiger partial charge in [-0.3, -0.25) is 0 Å². The minimum absolute atomic E-state index is 0.615. The predicted octanol–water partition coefficient (Wildman–Crippen LogP) is 5.10. The number of rotatable bonds is 2. The van der Waals surface area contributed by atoms with Gasteiger partial charge in [0.05, 0.1) is 5.52 Å². The molecular weight excluding hydrogens is 302 g/mol. The lowest BCUT2D eigenvalue weighted by Gasteiger charge is -2.08. The van der Waals surface area contributed by atoms with Gasteiger partial charge in [0.15, 0.2) is 0 Å². The topological polar surface area (TPSA) is 22.1 Å². The molecule has 0 spiro atoms. The van der Waals surface area contributed by atoms with E-state index in [1.807, 2.05) is 61.5 Å².